The third-order valence-electron chi connectivity index (χ3n) is 4.56. The molecule has 0 saturated heterocycles. The first-order valence-electron chi connectivity index (χ1n) is 9.06. The van der Waals surface area contributed by atoms with E-state index in [0.717, 1.165) is 29.5 Å². The number of benzene rings is 2. The number of rotatable bonds is 7. The van der Waals surface area contributed by atoms with Gasteiger partial charge in [-0.1, -0.05) is 42.5 Å². The van der Waals surface area contributed by atoms with Crippen molar-refractivity contribution in [1.29, 1.82) is 0 Å². The maximum atomic E-state index is 12.3. The van der Waals surface area contributed by atoms with Crippen LogP contribution >= 0.6 is 11.3 Å². The molecule has 4 aromatic rings. The molecule has 2 aromatic heterocycles. The Morgan fingerprint density at radius 2 is 1.71 bits per heavy atom. The molecular formula is C22H21N3O2S. The maximum Gasteiger partial charge on any atom is 0.258 e. The molecule has 0 unspecified atom stereocenters. The number of aromatic nitrogens is 2. The highest BCUT2D eigenvalue weighted by atomic mass is 32.1. The fourth-order valence-corrected chi connectivity index (χ4v) is 3.94. The lowest BCUT2D eigenvalue weighted by Gasteiger charge is -2.22. The fraction of sp³-hybridized carbons (Fsp3) is 0.182. The fourth-order valence-electron chi connectivity index (χ4n) is 3.20. The van der Waals surface area contributed by atoms with Crippen molar-refractivity contribution in [1.82, 2.24) is 14.3 Å². The molecular weight excluding hydrogens is 370 g/mol. The number of hydrogen-bond donors (Lipinski definition) is 0. The predicted octanol–water partition coefficient (Wildman–Crippen LogP) is 3.97. The Kier molecular flexibility index (Phi) is 5.50. The third kappa shape index (κ3) is 4.30. The summed E-state index contributed by atoms with van der Waals surface area (Å²) < 4.78 is 6.83. The topological polar surface area (TPSA) is 46.8 Å². The largest absolute Gasteiger partial charge is 0.497 e. The van der Waals surface area contributed by atoms with Crippen LogP contribution in [0.1, 0.15) is 16.8 Å². The van der Waals surface area contributed by atoms with E-state index in [9.17, 15) is 4.79 Å². The van der Waals surface area contributed by atoms with Gasteiger partial charge in [-0.2, -0.15) is 0 Å². The van der Waals surface area contributed by atoms with Gasteiger partial charge in [0.25, 0.3) is 5.56 Å². The number of nitrogens with zero attached hydrogens (tertiary/aromatic N) is 3. The molecule has 0 fully saturated rings. The van der Waals surface area contributed by atoms with E-state index >= 15 is 0 Å². The minimum Gasteiger partial charge on any atom is -0.497 e. The summed E-state index contributed by atoms with van der Waals surface area (Å²) in [5.74, 6) is 0.844. The Hall–Kier alpha value is -2.96. The van der Waals surface area contributed by atoms with Gasteiger partial charge in [0, 0.05) is 37.3 Å². The van der Waals surface area contributed by atoms with Crippen molar-refractivity contribution in [2.45, 2.75) is 19.6 Å². The molecule has 6 heteroatoms. The number of hydrogen-bond acceptors (Lipinski definition) is 5. The van der Waals surface area contributed by atoms with Gasteiger partial charge < -0.3 is 4.74 Å². The van der Waals surface area contributed by atoms with E-state index in [0.29, 0.717) is 6.54 Å². The quantitative estimate of drug-likeness (QED) is 0.478. The molecule has 0 aliphatic rings. The van der Waals surface area contributed by atoms with E-state index in [-0.39, 0.29) is 5.56 Å². The van der Waals surface area contributed by atoms with E-state index in [2.05, 4.69) is 34.1 Å². The first-order valence-corrected chi connectivity index (χ1v) is 9.94. The van der Waals surface area contributed by atoms with Crippen LogP contribution < -0.4 is 10.3 Å². The van der Waals surface area contributed by atoms with Gasteiger partial charge >= 0.3 is 0 Å². The van der Waals surface area contributed by atoms with E-state index in [1.54, 1.807) is 23.8 Å². The zero-order valence-corrected chi connectivity index (χ0v) is 16.4. The second kappa shape index (κ2) is 8.37. The normalized spacial score (nSPS) is 11.2. The van der Waals surface area contributed by atoms with Crippen molar-refractivity contribution in [2.24, 2.45) is 0 Å². The predicted molar refractivity (Wildman–Crippen MR) is 112 cm³/mol. The first kappa shape index (κ1) is 18.4. The molecule has 0 aliphatic heterocycles. The van der Waals surface area contributed by atoms with Crippen molar-refractivity contribution in [2.75, 3.05) is 7.11 Å². The van der Waals surface area contributed by atoms with Crippen LogP contribution in [0.25, 0.3) is 4.96 Å². The van der Waals surface area contributed by atoms with Crippen LogP contribution in [0.4, 0.5) is 0 Å². The number of fused-ring (bicyclic) bond motifs is 1. The monoisotopic (exact) mass is 391 g/mol. The van der Waals surface area contributed by atoms with Crippen LogP contribution in [-0.4, -0.2) is 21.4 Å². The van der Waals surface area contributed by atoms with Crippen molar-refractivity contribution < 1.29 is 4.74 Å². The summed E-state index contributed by atoms with van der Waals surface area (Å²) >= 11 is 1.47. The molecule has 142 valence electrons. The number of methoxy groups -OCH3 is 1. The molecule has 0 spiro atoms. The average Bonchev–Trinajstić information content (AvgIpc) is 3.18. The van der Waals surface area contributed by atoms with Gasteiger partial charge in [0.2, 0.25) is 0 Å². The van der Waals surface area contributed by atoms with Gasteiger partial charge in [-0.25, -0.2) is 4.98 Å². The lowest BCUT2D eigenvalue weighted by Crippen LogP contribution is -2.24. The van der Waals surface area contributed by atoms with Crippen molar-refractivity contribution in [3.8, 4) is 5.75 Å². The third-order valence-corrected chi connectivity index (χ3v) is 5.31. The summed E-state index contributed by atoms with van der Waals surface area (Å²) in [6, 6.07) is 20.1. The summed E-state index contributed by atoms with van der Waals surface area (Å²) in [7, 11) is 1.67. The Balaban J connectivity index is 1.59. The summed E-state index contributed by atoms with van der Waals surface area (Å²) in [6.45, 7) is 2.13. The number of ether oxygens (including phenoxy) is 1. The molecule has 0 N–H and O–H groups in total. The highest BCUT2D eigenvalue weighted by Crippen LogP contribution is 2.17. The molecule has 2 heterocycles. The minimum absolute atomic E-state index is 0.0367. The second-order valence-electron chi connectivity index (χ2n) is 6.62. The summed E-state index contributed by atoms with van der Waals surface area (Å²) in [4.78, 5) is 20.0. The van der Waals surface area contributed by atoms with Crippen molar-refractivity contribution in [3.63, 3.8) is 0 Å². The van der Waals surface area contributed by atoms with Crippen LogP contribution in [-0.2, 0) is 19.6 Å². The summed E-state index contributed by atoms with van der Waals surface area (Å²) in [6.07, 6.45) is 1.76. The Morgan fingerprint density at radius 1 is 1.00 bits per heavy atom. The van der Waals surface area contributed by atoms with E-state index in [4.69, 9.17) is 4.74 Å². The summed E-state index contributed by atoms with van der Waals surface area (Å²) in [5.41, 5.74) is 3.16. The number of thiazole rings is 1. The van der Waals surface area contributed by atoms with Crippen LogP contribution in [0.3, 0.4) is 0 Å². The molecule has 2 aromatic carbocycles. The Labute approximate surface area is 167 Å². The second-order valence-corrected chi connectivity index (χ2v) is 7.49. The molecule has 0 bridgehead atoms. The smallest absolute Gasteiger partial charge is 0.258 e. The zero-order valence-electron chi connectivity index (χ0n) is 15.6. The lowest BCUT2D eigenvalue weighted by atomic mass is 10.1. The van der Waals surface area contributed by atoms with E-state index in [1.165, 1.54) is 22.5 Å². The Morgan fingerprint density at radius 3 is 2.43 bits per heavy atom. The molecule has 0 aliphatic carbocycles. The van der Waals surface area contributed by atoms with Gasteiger partial charge in [-0.05, 0) is 23.3 Å². The molecule has 28 heavy (non-hydrogen) atoms. The Bertz CT molecular complexity index is 1100. The molecule has 0 radical (unpaired) electrons. The van der Waals surface area contributed by atoms with E-state index in [1.807, 2.05) is 35.7 Å². The summed E-state index contributed by atoms with van der Waals surface area (Å²) in [5, 5.41) is 1.88. The van der Waals surface area contributed by atoms with Crippen LogP contribution in [0, 0.1) is 0 Å². The average molecular weight is 391 g/mol. The molecule has 0 saturated carbocycles. The highest BCUT2D eigenvalue weighted by Gasteiger charge is 2.12. The van der Waals surface area contributed by atoms with Gasteiger partial charge in [-0.15, -0.1) is 11.3 Å². The molecule has 5 nitrogen and oxygen atoms in total. The lowest BCUT2D eigenvalue weighted by molar-refractivity contribution is 0.244. The van der Waals surface area contributed by atoms with Gasteiger partial charge in [-0.3, -0.25) is 14.1 Å². The first-order chi connectivity index (χ1) is 13.7. The SMILES string of the molecule is COc1ccc(CN(Cc2ccccc2)Cc2cc(=O)n3ccsc3n2)cc1. The van der Waals surface area contributed by atoms with Crippen LogP contribution in [0.2, 0.25) is 0 Å². The zero-order chi connectivity index (χ0) is 19.3. The van der Waals surface area contributed by atoms with Crippen LogP contribution in [0.5, 0.6) is 5.75 Å². The van der Waals surface area contributed by atoms with Gasteiger partial charge in [0.1, 0.15) is 5.75 Å². The molecule has 4 rings (SSSR count). The minimum atomic E-state index is -0.0367. The van der Waals surface area contributed by atoms with Gasteiger partial charge in [0.05, 0.1) is 12.8 Å². The van der Waals surface area contributed by atoms with Crippen molar-refractivity contribution >= 4 is 16.3 Å². The molecule has 0 atom stereocenters. The van der Waals surface area contributed by atoms with E-state index < -0.39 is 0 Å². The van der Waals surface area contributed by atoms with Crippen LogP contribution in [0.15, 0.2) is 77.0 Å². The standard InChI is InChI=1S/C22H21N3O2S/c1-27-20-9-7-18(8-10-20)15-24(14-17-5-3-2-4-6-17)16-19-13-21(26)25-11-12-28-22(25)23-19/h2-13H,14-16H2,1H3. The maximum absolute atomic E-state index is 12.3. The highest BCUT2D eigenvalue weighted by molar-refractivity contribution is 7.15. The molecule has 0 amide bonds. The van der Waals surface area contributed by atoms with Crippen molar-refractivity contribution in [3.05, 3.63) is 99.4 Å². The van der Waals surface area contributed by atoms with Gasteiger partial charge in [0.15, 0.2) is 4.96 Å².